The van der Waals surface area contributed by atoms with Gasteiger partial charge in [-0.1, -0.05) is 43.3 Å². The van der Waals surface area contributed by atoms with Crippen molar-refractivity contribution in [3.05, 3.63) is 88.6 Å². The summed E-state index contributed by atoms with van der Waals surface area (Å²) in [4.78, 5) is 61.3. The zero-order chi connectivity index (χ0) is 35.0. The van der Waals surface area contributed by atoms with Crippen LogP contribution in [-0.4, -0.2) is 70.9 Å². The van der Waals surface area contributed by atoms with Crippen LogP contribution >= 0.6 is 0 Å². The lowest BCUT2D eigenvalue weighted by Crippen LogP contribution is -2.49. The second kappa shape index (κ2) is 13.3. The van der Waals surface area contributed by atoms with Crippen molar-refractivity contribution in [2.24, 2.45) is 5.41 Å². The Morgan fingerprint density at radius 1 is 0.959 bits per heavy atom. The number of hydrogen-bond acceptors (Lipinski definition) is 7. The van der Waals surface area contributed by atoms with Crippen LogP contribution in [0.15, 0.2) is 60.8 Å². The molecule has 1 unspecified atom stereocenters. The summed E-state index contributed by atoms with van der Waals surface area (Å²) in [5.74, 6) is 0.171. The topological polar surface area (TPSA) is 133 Å². The Morgan fingerprint density at radius 2 is 1.65 bits per heavy atom. The third-order valence-electron chi connectivity index (χ3n) is 9.90. The molecule has 0 bridgehead atoms. The van der Waals surface area contributed by atoms with Gasteiger partial charge in [0.1, 0.15) is 18.0 Å². The number of amides is 4. The molecule has 1 aliphatic carbocycles. The van der Waals surface area contributed by atoms with E-state index in [1.807, 2.05) is 82.3 Å². The second-order valence-electron chi connectivity index (χ2n) is 14.9. The van der Waals surface area contributed by atoms with Crippen molar-refractivity contribution in [2.45, 2.75) is 77.5 Å². The maximum Gasteiger partial charge on any atom is 0.410 e. The highest BCUT2D eigenvalue weighted by molar-refractivity contribution is 6.06. The van der Waals surface area contributed by atoms with Crippen LogP contribution in [0.1, 0.15) is 68.4 Å². The molecule has 49 heavy (non-hydrogen) atoms. The summed E-state index contributed by atoms with van der Waals surface area (Å²) in [6, 6.07) is 17.2. The Bertz CT molecular complexity index is 1780. The van der Waals surface area contributed by atoms with Gasteiger partial charge in [0.05, 0.1) is 5.41 Å². The van der Waals surface area contributed by atoms with Gasteiger partial charge in [0, 0.05) is 43.0 Å². The molecule has 0 saturated carbocycles. The minimum Gasteiger partial charge on any atom is -0.444 e. The van der Waals surface area contributed by atoms with Gasteiger partial charge in [0.15, 0.2) is 0 Å². The molecule has 1 saturated heterocycles. The fraction of sp³-hybridized carbons (Fsp3) is 0.447. The minimum atomic E-state index is -0.701. The lowest BCUT2D eigenvalue weighted by Gasteiger charge is -2.37. The summed E-state index contributed by atoms with van der Waals surface area (Å²) in [5.41, 5.74) is 3.37. The molecule has 3 aliphatic rings. The zero-order valence-electron chi connectivity index (χ0n) is 29.0. The fourth-order valence-electron chi connectivity index (χ4n) is 7.22. The SMILES string of the molecule is CN(Cc1ccccc1CN(CC(=O)Nc1ccc2c(c1)CC1(C2)C(=O)Nc2ncccc21)C(=O)C1(C)CCNCC1)C(=O)OC(C)(C)C. The van der Waals surface area contributed by atoms with Crippen molar-refractivity contribution in [1.82, 2.24) is 20.1 Å². The number of aromatic nitrogens is 1. The number of benzene rings is 2. The monoisotopic (exact) mass is 666 g/mol. The number of pyridine rings is 1. The molecule has 3 N–H and O–H groups in total. The Labute approximate surface area is 287 Å². The summed E-state index contributed by atoms with van der Waals surface area (Å²) < 4.78 is 5.55. The van der Waals surface area contributed by atoms with E-state index in [2.05, 4.69) is 20.9 Å². The van der Waals surface area contributed by atoms with Gasteiger partial charge in [0.2, 0.25) is 17.7 Å². The smallest absolute Gasteiger partial charge is 0.410 e. The number of carbonyl (C=O) groups is 4. The van der Waals surface area contributed by atoms with Gasteiger partial charge in [-0.2, -0.15) is 0 Å². The Morgan fingerprint density at radius 3 is 2.37 bits per heavy atom. The molecule has 2 aromatic carbocycles. The number of rotatable bonds is 8. The van der Waals surface area contributed by atoms with Crippen molar-refractivity contribution in [1.29, 1.82) is 0 Å². The zero-order valence-corrected chi connectivity index (χ0v) is 29.0. The molecule has 11 nitrogen and oxygen atoms in total. The summed E-state index contributed by atoms with van der Waals surface area (Å²) in [6.07, 6.45) is 3.67. The van der Waals surface area contributed by atoms with Crippen LogP contribution in [0.5, 0.6) is 0 Å². The molecular weight excluding hydrogens is 620 g/mol. The van der Waals surface area contributed by atoms with E-state index in [-0.39, 0.29) is 37.4 Å². The van der Waals surface area contributed by atoms with Crippen molar-refractivity contribution in [3.63, 3.8) is 0 Å². The quantitative estimate of drug-likeness (QED) is 0.315. The molecule has 6 rings (SSSR count). The van der Waals surface area contributed by atoms with E-state index in [4.69, 9.17) is 4.74 Å². The average Bonchev–Trinajstić information content (AvgIpc) is 3.57. The highest BCUT2D eigenvalue weighted by atomic mass is 16.6. The third kappa shape index (κ3) is 7.17. The van der Waals surface area contributed by atoms with Gasteiger partial charge in [-0.25, -0.2) is 9.78 Å². The van der Waals surface area contributed by atoms with E-state index >= 15 is 0 Å². The van der Waals surface area contributed by atoms with Crippen molar-refractivity contribution in [2.75, 3.05) is 37.3 Å². The van der Waals surface area contributed by atoms with Gasteiger partial charge < -0.3 is 30.5 Å². The number of ether oxygens (including phenoxy) is 1. The van der Waals surface area contributed by atoms with E-state index in [9.17, 15) is 19.2 Å². The molecule has 1 atom stereocenters. The van der Waals surface area contributed by atoms with Crippen LogP contribution in [0.25, 0.3) is 0 Å². The van der Waals surface area contributed by atoms with Gasteiger partial charge in [-0.05, 0) is 100.0 Å². The van der Waals surface area contributed by atoms with E-state index in [1.165, 1.54) is 4.90 Å². The van der Waals surface area contributed by atoms with Crippen LogP contribution < -0.4 is 16.0 Å². The molecule has 1 fully saturated rings. The number of hydrogen-bond donors (Lipinski definition) is 3. The number of nitrogens with one attached hydrogen (secondary N) is 3. The van der Waals surface area contributed by atoms with Crippen LogP contribution in [0, 0.1) is 5.41 Å². The predicted octanol–water partition coefficient (Wildman–Crippen LogP) is 4.79. The first-order valence-electron chi connectivity index (χ1n) is 17.0. The van der Waals surface area contributed by atoms with Gasteiger partial charge in [0.25, 0.3) is 0 Å². The van der Waals surface area contributed by atoms with E-state index < -0.39 is 22.5 Å². The lowest BCUT2D eigenvalue weighted by molar-refractivity contribution is -0.145. The summed E-state index contributed by atoms with van der Waals surface area (Å²) in [6.45, 7) is 9.28. The number of anilines is 2. The molecule has 4 amide bonds. The molecule has 1 spiro atoms. The highest BCUT2D eigenvalue weighted by Crippen LogP contribution is 2.47. The molecule has 11 heteroatoms. The van der Waals surface area contributed by atoms with Crippen LogP contribution in [-0.2, 0) is 50.5 Å². The Hall–Kier alpha value is -4.77. The van der Waals surface area contributed by atoms with Crippen molar-refractivity contribution in [3.8, 4) is 0 Å². The molecule has 0 radical (unpaired) electrons. The maximum absolute atomic E-state index is 14.2. The Balaban J connectivity index is 1.19. The van der Waals surface area contributed by atoms with Gasteiger partial charge in [-0.3, -0.25) is 14.4 Å². The van der Waals surface area contributed by atoms with E-state index in [0.29, 0.717) is 37.2 Å². The number of nitrogens with zero attached hydrogens (tertiary/aromatic N) is 3. The van der Waals surface area contributed by atoms with Gasteiger partial charge in [-0.15, -0.1) is 0 Å². The molecule has 258 valence electrons. The van der Waals surface area contributed by atoms with Gasteiger partial charge >= 0.3 is 6.09 Å². The van der Waals surface area contributed by atoms with Crippen LogP contribution in [0.2, 0.25) is 0 Å². The van der Waals surface area contributed by atoms with Crippen molar-refractivity contribution >= 4 is 35.3 Å². The molecule has 3 heterocycles. The number of fused-ring (bicyclic) bond motifs is 3. The summed E-state index contributed by atoms with van der Waals surface area (Å²) >= 11 is 0. The maximum atomic E-state index is 14.2. The standard InChI is InChI=1S/C38H46N6O5/c1-36(2,3)49-35(48)43(5)22-26-9-6-7-10-27(26)23-44(34(47)37(4)14-17-39-18-15-37)24-31(45)41-29-13-12-25-20-38(21-28(25)19-29)30-11-8-16-40-32(30)42-33(38)46/h6-13,16,19,39H,14-15,17-18,20-24H2,1-5H3,(H,41,45)(H,40,42,46). The number of carbonyl (C=O) groups excluding carboxylic acids is 4. The normalized spacial score (nSPS) is 19.1. The molecule has 3 aromatic rings. The lowest BCUT2D eigenvalue weighted by atomic mass is 9.79. The summed E-state index contributed by atoms with van der Waals surface area (Å²) in [5, 5.41) is 9.29. The second-order valence-corrected chi connectivity index (χ2v) is 14.9. The average molecular weight is 667 g/mol. The largest absolute Gasteiger partial charge is 0.444 e. The van der Waals surface area contributed by atoms with E-state index in [1.54, 1.807) is 18.1 Å². The first-order valence-corrected chi connectivity index (χ1v) is 17.0. The highest BCUT2D eigenvalue weighted by Gasteiger charge is 2.51. The van der Waals surface area contributed by atoms with E-state index in [0.717, 1.165) is 40.9 Å². The molecule has 2 aliphatic heterocycles. The minimum absolute atomic E-state index is 0.0545. The Kier molecular flexibility index (Phi) is 9.23. The van der Waals surface area contributed by atoms with Crippen molar-refractivity contribution < 1.29 is 23.9 Å². The fourth-order valence-corrected chi connectivity index (χ4v) is 7.22. The first kappa shape index (κ1) is 34.1. The molecular formula is C38H46N6O5. The third-order valence-corrected chi connectivity index (χ3v) is 9.90. The summed E-state index contributed by atoms with van der Waals surface area (Å²) in [7, 11) is 1.69. The van der Waals surface area contributed by atoms with Crippen LogP contribution in [0.4, 0.5) is 16.3 Å². The van der Waals surface area contributed by atoms with Crippen LogP contribution in [0.3, 0.4) is 0 Å². The molecule has 1 aromatic heterocycles. The number of piperidine rings is 1. The predicted molar refractivity (Wildman–Crippen MR) is 187 cm³/mol. The first-order chi connectivity index (χ1) is 23.3.